The Morgan fingerprint density at radius 2 is 1.95 bits per heavy atom. The number of carbonyl (C=O) groups is 2. The van der Waals surface area contributed by atoms with Gasteiger partial charge in [0, 0.05) is 14.3 Å². The van der Waals surface area contributed by atoms with Crippen LogP contribution < -0.4 is 10.6 Å². The van der Waals surface area contributed by atoms with Gasteiger partial charge in [0.2, 0.25) is 0 Å². The number of thiazole rings is 1. The van der Waals surface area contributed by atoms with Crippen molar-refractivity contribution < 1.29 is 14.7 Å². The number of benzene rings is 1. The number of aromatic nitrogens is 1. The topological polar surface area (TPSA) is 91.3 Å². The summed E-state index contributed by atoms with van der Waals surface area (Å²) in [7, 11) is 0. The van der Waals surface area contributed by atoms with Crippen molar-refractivity contribution in [3.63, 3.8) is 0 Å². The molecule has 0 atom stereocenters. The summed E-state index contributed by atoms with van der Waals surface area (Å²) in [5.74, 6) is -1.08. The van der Waals surface area contributed by atoms with E-state index in [1.807, 2.05) is 6.07 Å². The van der Waals surface area contributed by atoms with Crippen molar-refractivity contribution in [1.82, 2.24) is 10.3 Å². The summed E-state index contributed by atoms with van der Waals surface area (Å²) in [6.07, 6.45) is 0. The van der Waals surface area contributed by atoms with Crippen LogP contribution in [0, 0.1) is 0 Å². The largest absolute Gasteiger partial charge is 0.476 e. The van der Waals surface area contributed by atoms with E-state index in [1.165, 1.54) is 16.7 Å². The zero-order chi connectivity index (χ0) is 15.4. The van der Waals surface area contributed by atoms with Gasteiger partial charge in [-0.2, -0.15) is 0 Å². The fourth-order valence-corrected chi connectivity index (χ4v) is 3.33. The van der Waals surface area contributed by atoms with Crippen molar-refractivity contribution in [2.75, 3.05) is 5.32 Å². The van der Waals surface area contributed by atoms with E-state index in [0.29, 0.717) is 10.7 Å². The zero-order valence-corrected chi connectivity index (χ0v) is 14.4. The number of carboxylic acids is 1. The lowest BCUT2D eigenvalue weighted by atomic mass is 10.3. The van der Waals surface area contributed by atoms with E-state index in [2.05, 4.69) is 47.5 Å². The molecule has 1 aromatic carbocycles. The second-order valence-corrected chi connectivity index (χ2v) is 6.49. The number of rotatable bonds is 4. The summed E-state index contributed by atoms with van der Waals surface area (Å²) in [6.45, 7) is 0.159. The lowest BCUT2D eigenvalue weighted by Gasteiger charge is -2.10. The first-order valence-electron chi connectivity index (χ1n) is 5.64. The zero-order valence-electron chi connectivity index (χ0n) is 10.4. The van der Waals surface area contributed by atoms with E-state index >= 15 is 0 Å². The molecule has 2 aromatic rings. The van der Waals surface area contributed by atoms with Crippen LogP contribution in [-0.2, 0) is 6.54 Å². The van der Waals surface area contributed by atoms with Crippen LogP contribution >= 0.6 is 43.2 Å². The standard InChI is InChI=1S/C12H9Br2N3O3S/c13-6-2-1-3-7(14)10(6)17-12(20)15-4-9-16-8(5-21-9)11(18)19/h1-3,5H,4H2,(H,18,19)(H2,15,17,20). The number of hydrogen-bond donors (Lipinski definition) is 3. The smallest absolute Gasteiger partial charge is 0.355 e. The van der Waals surface area contributed by atoms with Gasteiger partial charge in [-0.15, -0.1) is 11.3 Å². The number of hydrogen-bond acceptors (Lipinski definition) is 4. The van der Waals surface area contributed by atoms with Crippen molar-refractivity contribution in [1.29, 1.82) is 0 Å². The molecule has 1 aromatic heterocycles. The van der Waals surface area contributed by atoms with Crippen LogP contribution in [0.2, 0.25) is 0 Å². The lowest BCUT2D eigenvalue weighted by molar-refractivity contribution is 0.0691. The first-order valence-corrected chi connectivity index (χ1v) is 8.10. The lowest BCUT2D eigenvalue weighted by Crippen LogP contribution is -2.28. The fraction of sp³-hybridized carbons (Fsp3) is 0.0833. The van der Waals surface area contributed by atoms with Crippen molar-refractivity contribution in [2.24, 2.45) is 0 Å². The summed E-state index contributed by atoms with van der Waals surface area (Å²) in [5, 5.41) is 16.0. The summed E-state index contributed by atoms with van der Waals surface area (Å²) >= 11 is 7.87. The molecule has 0 radical (unpaired) electrons. The molecule has 0 saturated heterocycles. The molecule has 0 unspecified atom stereocenters. The first kappa shape index (κ1) is 15.9. The quantitative estimate of drug-likeness (QED) is 0.684. The van der Waals surface area contributed by atoms with E-state index in [4.69, 9.17) is 5.11 Å². The average molecular weight is 435 g/mol. The minimum Gasteiger partial charge on any atom is -0.476 e. The number of carbonyl (C=O) groups excluding carboxylic acids is 1. The molecule has 9 heteroatoms. The Morgan fingerprint density at radius 1 is 1.29 bits per heavy atom. The molecular weight excluding hydrogens is 426 g/mol. The molecule has 3 N–H and O–H groups in total. The van der Waals surface area contributed by atoms with E-state index in [-0.39, 0.29) is 12.2 Å². The maximum atomic E-state index is 11.8. The Morgan fingerprint density at radius 3 is 2.52 bits per heavy atom. The maximum Gasteiger partial charge on any atom is 0.355 e. The van der Waals surface area contributed by atoms with Gasteiger partial charge in [-0.05, 0) is 44.0 Å². The number of nitrogens with one attached hydrogen (secondary N) is 2. The van der Waals surface area contributed by atoms with Crippen LogP contribution in [0.3, 0.4) is 0 Å². The van der Waals surface area contributed by atoms with Gasteiger partial charge in [0.05, 0.1) is 12.2 Å². The Balaban J connectivity index is 1.94. The highest BCUT2D eigenvalue weighted by molar-refractivity contribution is 9.11. The minimum atomic E-state index is -1.08. The van der Waals surface area contributed by atoms with E-state index in [1.54, 1.807) is 12.1 Å². The summed E-state index contributed by atoms with van der Waals surface area (Å²) < 4.78 is 1.49. The van der Waals surface area contributed by atoms with Gasteiger partial charge >= 0.3 is 12.0 Å². The normalized spacial score (nSPS) is 10.2. The molecule has 0 bridgehead atoms. The third-order valence-corrected chi connectivity index (χ3v) is 4.54. The number of urea groups is 1. The van der Waals surface area contributed by atoms with Gasteiger partial charge in [-0.25, -0.2) is 14.6 Å². The Labute approximate surface area is 140 Å². The molecule has 0 fully saturated rings. The molecule has 0 aliphatic rings. The number of anilines is 1. The van der Waals surface area contributed by atoms with E-state index < -0.39 is 12.0 Å². The third kappa shape index (κ3) is 4.26. The van der Waals surface area contributed by atoms with Crippen molar-refractivity contribution in [3.05, 3.63) is 43.2 Å². The van der Waals surface area contributed by atoms with Crippen LogP contribution in [-0.4, -0.2) is 22.1 Å². The molecule has 0 spiro atoms. The van der Waals surface area contributed by atoms with Crippen LogP contribution in [0.25, 0.3) is 0 Å². The highest BCUT2D eigenvalue weighted by atomic mass is 79.9. The third-order valence-electron chi connectivity index (χ3n) is 2.37. The molecule has 0 aliphatic carbocycles. The number of amides is 2. The van der Waals surface area contributed by atoms with E-state index in [0.717, 1.165) is 8.95 Å². The van der Waals surface area contributed by atoms with Crippen LogP contribution in [0.15, 0.2) is 32.5 Å². The number of nitrogens with zero attached hydrogens (tertiary/aromatic N) is 1. The van der Waals surface area contributed by atoms with Gasteiger partial charge in [0.1, 0.15) is 5.01 Å². The fourth-order valence-electron chi connectivity index (χ4n) is 1.42. The molecule has 1 heterocycles. The number of halogens is 2. The SMILES string of the molecule is O=C(NCc1nc(C(=O)O)cs1)Nc1c(Br)cccc1Br. The number of carboxylic acid groups (broad SMARTS) is 1. The highest BCUT2D eigenvalue weighted by Crippen LogP contribution is 2.30. The van der Waals surface area contributed by atoms with Gasteiger partial charge in [-0.3, -0.25) is 0 Å². The van der Waals surface area contributed by atoms with Crippen molar-refractivity contribution in [3.8, 4) is 0 Å². The molecule has 2 rings (SSSR count). The molecule has 6 nitrogen and oxygen atoms in total. The summed E-state index contributed by atoms with van der Waals surface area (Å²) in [5.41, 5.74) is 0.589. The summed E-state index contributed by atoms with van der Waals surface area (Å²) in [4.78, 5) is 26.4. The van der Waals surface area contributed by atoms with Crippen LogP contribution in [0.1, 0.15) is 15.5 Å². The van der Waals surface area contributed by atoms with Crippen molar-refractivity contribution >= 4 is 60.9 Å². The Hall–Kier alpha value is -1.45. The molecular formula is C12H9Br2N3O3S. The summed E-state index contributed by atoms with van der Waals surface area (Å²) in [6, 6.07) is 5.04. The second kappa shape index (κ2) is 7.01. The van der Waals surface area contributed by atoms with Gasteiger partial charge in [0.25, 0.3) is 0 Å². The number of aromatic carboxylic acids is 1. The molecule has 110 valence electrons. The molecule has 0 aliphatic heterocycles. The van der Waals surface area contributed by atoms with Crippen LogP contribution in [0.4, 0.5) is 10.5 Å². The van der Waals surface area contributed by atoms with Gasteiger partial charge in [0.15, 0.2) is 5.69 Å². The predicted molar refractivity (Wildman–Crippen MR) is 86.8 cm³/mol. The molecule has 21 heavy (non-hydrogen) atoms. The second-order valence-electron chi connectivity index (χ2n) is 3.84. The van der Waals surface area contributed by atoms with Gasteiger partial charge in [-0.1, -0.05) is 6.07 Å². The monoisotopic (exact) mass is 433 g/mol. The maximum absolute atomic E-state index is 11.8. The Kier molecular flexibility index (Phi) is 5.32. The van der Waals surface area contributed by atoms with Crippen molar-refractivity contribution in [2.45, 2.75) is 6.54 Å². The highest BCUT2D eigenvalue weighted by Gasteiger charge is 2.11. The molecule has 0 saturated carbocycles. The Bertz CT molecular complexity index is 670. The molecule has 2 amide bonds. The first-order chi connectivity index (χ1) is 9.97. The van der Waals surface area contributed by atoms with E-state index in [9.17, 15) is 9.59 Å². The average Bonchev–Trinajstić information content (AvgIpc) is 2.90. The number of para-hydroxylation sites is 1. The predicted octanol–water partition coefficient (Wildman–Crippen LogP) is 3.69. The van der Waals surface area contributed by atoms with Crippen LogP contribution in [0.5, 0.6) is 0 Å². The van der Waals surface area contributed by atoms with Gasteiger partial charge < -0.3 is 15.7 Å². The minimum absolute atomic E-state index is 0.0224.